The smallest absolute Gasteiger partial charge is 0.394 e. The van der Waals surface area contributed by atoms with Crippen LogP contribution in [0.3, 0.4) is 0 Å². The van der Waals surface area contributed by atoms with Crippen molar-refractivity contribution in [1.29, 1.82) is 0 Å². The summed E-state index contributed by atoms with van der Waals surface area (Å²) in [5, 5.41) is 20.9. The van der Waals surface area contributed by atoms with Crippen molar-refractivity contribution in [1.82, 2.24) is 0 Å². The van der Waals surface area contributed by atoms with Gasteiger partial charge in [-0.25, -0.2) is 14.0 Å². The van der Waals surface area contributed by atoms with E-state index in [1.54, 1.807) is 30.3 Å². The molecular weight excluding hydrogens is 758 g/mol. The van der Waals surface area contributed by atoms with Crippen molar-refractivity contribution in [2.45, 2.75) is 212 Å². The third-order valence-electron chi connectivity index (χ3n) is 10.2. The Morgan fingerprint density at radius 3 is 1.30 bits per heavy atom. The molecule has 0 amide bonds. The maximum absolute atomic E-state index is 13.8. The molecule has 0 aliphatic carbocycles. The van der Waals surface area contributed by atoms with Crippen LogP contribution in [0.5, 0.6) is 0 Å². The van der Waals surface area contributed by atoms with Crippen molar-refractivity contribution < 1.29 is 57.1 Å². The molecule has 0 saturated carbocycles. The molecule has 3 atom stereocenters. The van der Waals surface area contributed by atoms with E-state index in [-0.39, 0.29) is 12.8 Å². The summed E-state index contributed by atoms with van der Waals surface area (Å²) in [6, 6.07) is 8.22. The van der Waals surface area contributed by atoms with Gasteiger partial charge in [0.2, 0.25) is 5.60 Å². The number of aliphatic hydroxyl groups excluding tert-OH is 2. The van der Waals surface area contributed by atoms with E-state index < -0.39 is 52.1 Å². The number of hydrogen-bond acceptors (Lipinski definition) is 10. The molecule has 1 rings (SSSR count). The maximum Gasteiger partial charge on any atom is 0.508 e. The van der Waals surface area contributed by atoms with Gasteiger partial charge < -0.3 is 20.0 Å². The highest BCUT2D eigenvalue weighted by Gasteiger charge is 2.55. The number of phosphoric acid groups is 2. The van der Waals surface area contributed by atoms with Gasteiger partial charge in [-0.1, -0.05) is 198 Å². The van der Waals surface area contributed by atoms with Gasteiger partial charge in [-0.3, -0.25) is 14.1 Å². The van der Waals surface area contributed by atoms with Crippen molar-refractivity contribution in [3.05, 3.63) is 35.9 Å². The Bertz CT molecular complexity index is 1190. The van der Waals surface area contributed by atoms with E-state index in [9.17, 15) is 38.7 Å². The number of carbonyl (C=O) groups is 2. The van der Waals surface area contributed by atoms with E-state index in [0.29, 0.717) is 31.2 Å². The molecule has 0 fully saturated rings. The van der Waals surface area contributed by atoms with E-state index in [4.69, 9.17) is 9.41 Å². The monoisotopic (exact) mass is 834 g/mol. The lowest BCUT2D eigenvalue weighted by atomic mass is 9.82. The third-order valence-corrected chi connectivity index (χ3v) is 12.6. The zero-order valence-electron chi connectivity index (χ0n) is 34.6. The average Bonchev–Trinajstić information content (AvgIpc) is 3.17. The Morgan fingerprint density at radius 1 is 0.589 bits per heavy atom. The SMILES string of the molecule is CCCCCCCCCCCCCCCC(=O)C(OOP(=O)(O)OP(=O)(O)OCc1ccccc1)(C(=O)CCCCCCCCCCCCCCC)C(O)CO. The minimum atomic E-state index is -5.64. The second kappa shape index (κ2) is 32.5. The fourth-order valence-corrected chi connectivity index (χ4v) is 8.65. The first-order valence-electron chi connectivity index (χ1n) is 21.7. The molecule has 0 spiro atoms. The Balaban J connectivity index is 2.79. The van der Waals surface area contributed by atoms with Crippen LogP contribution in [0.2, 0.25) is 0 Å². The summed E-state index contributed by atoms with van der Waals surface area (Å²) < 4.78 is 39.0. The first-order chi connectivity index (χ1) is 26.9. The van der Waals surface area contributed by atoms with Gasteiger partial charge in [0.1, 0.15) is 6.10 Å². The summed E-state index contributed by atoms with van der Waals surface area (Å²) >= 11 is 0. The molecule has 0 radical (unpaired) electrons. The van der Waals surface area contributed by atoms with Gasteiger partial charge in [-0.15, -0.1) is 4.67 Å². The Morgan fingerprint density at radius 2 is 0.946 bits per heavy atom. The van der Waals surface area contributed by atoms with Gasteiger partial charge in [0.05, 0.1) is 13.2 Å². The predicted octanol–water partition coefficient (Wildman–Crippen LogP) is 11.6. The Kier molecular flexibility index (Phi) is 30.6. The zero-order valence-corrected chi connectivity index (χ0v) is 36.4. The molecule has 4 N–H and O–H groups in total. The van der Waals surface area contributed by atoms with Crippen LogP contribution in [0, 0.1) is 0 Å². The standard InChI is InChI=1S/C42H76O12P2/c1-3-5-7-9-11-13-15-17-19-21-23-25-30-34-39(44)42(41(46)36-43,40(45)35-31-26-24-22-20-18-16-14-12-10-8-6-4-2)52-53-56(49,50)54-55(47,48)51-37-38-32-28-27-29-33-38/h27-29,32-33,41,43,46H,3-26,30-31,34-37H2,1-2H3,(H,47,48)(H,49,50). The van der Waals surface area contributed by atoms with Gasteiger partial charge in [-0.05, 0) is 18.4 Å². The molecule has 1 aromatic rings. The van der Waals surface area contributed by atoms with E-state index in [2.05, 4.69) is 22.8 Å². The van der Waals surface area contributed by atoms with Gasteiger partial charge in [0.25, 0.3) is 0 Å². The van der Waals surface area contributed by atoms with Crippen LogP contribution < -0.4 is 0 Å². The number of phosphoric ester groups is 1. The fraction of sp³-hybridized carbons (Fsp3) is 0.810. The van der Waals surface area contributed by atoms with Crippen LogP contribution in [0.25, 0.3) is 0 Å². The molecule has 0 aromatic heterocycles. The molecular formula is C42H76O12P2. The molecule has 56 heavy (non-hydrogen) atoms. The van der Waals surface area contributed by atoms with Crippen LogP contribution >= 0.6 is 15.6 Å². The maximum atomic E-state index is 13.8. The number of hydrogen-bond donors (Lipinski definition) is 4. The number of Topliss-reactive ketones (excluding diaryl/α,β-unsaturated/α-hetero) is 2. The molecule has 1 aromatic carbocycles. The Hall–Kier alpha value is -1.30. The highest BCUT2D eigenvalue weighted by atomic mass is 31.3. The van der Waals surface area contributed by atoms with Crippen LogP contribution in [0.1, 0.15) is 199 Å². The summed E-state index contributed by atoms with van der Waals surface area (Å²) in [6.45, 7) is 2.87. The van der Waals surface area contributed by atoms with Crippen molar-refractivity contribution >= 4 is 27.2 Å². The van der Waals surface area contributed by atoms with Gasteiger partial charge in [-0.2, -0.15) is 4.31 Å². The van der Waals surface area contributed by atoms with E-state index in [1.807, 2.05) is 0 Å². The molecule has 0 bridgehead atoms. The number of unbranched alkanes of at least 4 members (excludes halogenated alkanes) is 24. The van der Waals surface area contributed by atoms with Crippen LogP contribution in [0.4, 0.5) is 0 Å². The molecule has 0 aliphatic heterocycles. The molecule has 12 nitrogen and oxygen atoms in total. The first-order valence-corrected chi connectivity index (χ1v) is 24.7. The largest absolute Gasteiger partial charge is 0.508 e. The quantitative estimate of drug-likeness (QED) is 0.0161. The van der Waals surface area contributed by atoms with Crippen molar-refractivity contribution in [2.75, 3.05) is 6.61 Å². The number of carbonyl (C=O) groups excluding carboxylic acids is 2. The second-order valence-corrected chi connectivity index (χ2v) is 18.1. The topological polar surface area (TPSA) is 186 Å². The van der Waals surface area contributed by atoms with Crippen molar-refractivity contribution in [2.24, 2.45) is 0 Å². The lowest BCUT2D eigenvalue weighted by Crippen LogP contribution is -2.59. The number of rotatable bonds is 40. The van der Waals surface area contributed by atoms with Gasteiger partial charge in [0, 0.05) is 12.8 Å². The van der Waals surface area contributed by atoms with E-state index in [1.165, 1.54) is 89.9 Å². The lowest BCUT2D eigenvalue weighted by Gasteiger charge is -2.33. The molecule has 0 heterocycles. The van der Waals surface area contributed by atoms with Crippen LogP contribution in [-0.4, -0.2) is 49.9 Å². The highest BCUT2D eigenvalue weighted by molar-refractivity contribution is 7.61. The molecule has 0 aliphatic rings. The minimum Gasteiger partial charge on any atom is -0.394 e. The number of aliphatic hydroxyl groups is 2. The van der Waals surface area contributed by atoms with Crippen molar-refractivity contribution in [3.8, 4) is 0 Å². The first kappa shape index (κ1) is 52.7. The molecule has 0 saturated heterocycles. The summed E-state index contributed by atoms with van der Waals surface area (Å²) in [5.41, 5.74) is -2.40. The minimum absolute atomic E-state index is 0.238. The normalized spacial score (nSPS) is 14.7. The zero-order chi connectivity index (χ0) is 41.4. The average molecular weight is 835 g/mol. The fourth-order valence-electron chi connectivity index (χ4n) is 6.79. The summed E-state index contributed by atoms with van der Waals surface area (Å²) in [7, 11) is -10.9. The molecule has 326 valence electrons. The van der Waals surface area contributed by atoms with Crippen LogP contribution in [0.15, 0.2) is 30.3 Å². The third kappa shape index (κ3) is 24.6. The predicted molar refractivity (Wildman–Crippen MR) is 221 cm³/mol. The summed E-state index contributed by atoms with van der Waals surface area (Å²) in [5.74, 6) is -1.87. The highest BCUT2D eigenvalue weighted by Crippen LogP contribution is 2.61. The van der Waals surface area contributed by atoms with Gasteiger partial charge in [0.15, 0.2) is 11.6 Å². The number of benzene rings is 1. The van der Waals surface area contributed by atoms with E-state index in [0.717, 1.165) is 51.4 Å². The van der Waals surface area contributed by atoms with Crippen LogP contribution in [-0.2, 0) is 43.7 Å². The Labute approximate surface area is 338 Å². The molecule has 14 heteroatoms. The van der Waals surface area contributed by atoms with Crippen molar-refractivity contribution in [3.63, 3.8) is 0 Å². The summed E-state index contributed by atoms with van der Waals surface area (Å²) in [4.78, 5) is 53.0. The summed E-state index contributed by atoms with van der Waals surface area (Å²) in [6.07, 6.45) is 25.2. The second-order valence-electron chi connectivity index (χ2n) is 15.2. The van der Waals surface area contributed by atoms with E-state index >= 15 is 0 Å². The number of ketones is 2. The van der Waals surface area contributed by atoms with Gasteiger partial charge >= 0.3 is 15.6 Å². The lowest BCUT2D eigenvalue weighted by molar-refractivity contribution is -0.303. The molecule has 3 unspecified atom stereocenters.